The van der Waals surface area contributed by atoms with E-state index in [0.29, 0.717) is 10.0 Å². The van der Waals surface area contributed by atoms with E-state index in [1.54, 1.807) is 30.3 Å². The SMILES string of the molecule is O=C(/C=C/c1cccc(Cl)c1)Nc1cc(Cl)ccc1F. The predicted molar refractivity (Wildman–Crippen MR) is 80.5 cm³/mol. The molecule has 0 radical (unpaired) electrons. The van der Waals surface area contributed by atoms with Gasteiger partial charge in [0.05, 0.1) is 5.69 Å². The summed E-state index contributed by atoms with van der Waals surface area (Å²) >= 11 is 11.6. The molecule has 0 aliphatic rings. The van der Waals surface area contributed by atoms with Gasteiger partial charge in [-0.05, 0) is 42.0 Å². The number of hydrogen-bond donors (Lipinski definition) is 1. The first kappa shape index (κ1) is 14.6. The molecule has 0 atom stereocenters. The minimum Gasteiger partial charge on any atom is -0.320 e. The van der Waals surface area contributed by atoms with Crippen molar-refractivity contribution in [1.29, 1.82) is 0 Å². The van der Waals surface area contributed by atoms with Crippen molar-refractivity contribution < 1.29 is 9.18 Å². The van der Waals surface area contributed by atoms with Crippen molar-refractivity contribution in [2.45, 2.75) is 0 Å². The second kappa shape index (κ2) is 6.55. The zero-order valence-corrected chi connectivity index (χ0v) is 11.8. The summed E-state index contributed by atoms with van der Waals surface area (Å²) in [7, 11) is 0. The van der Waals surface area contributed by atoms with Crippen molar-refractivity contribution in [3.63, 3.8) is 0 Å². The summed E-state index contributed by atoms with van der Waals surface area (Å²) < 4.78 is 13.4. The highest BCUT2D eigenvalue weighted by atomic mass is 35.5. The largest absolute Gasteiger partial charge is 0.320 e. The minimum absolute atomic E-state index is 0.0400. The van der Waals surface area contributed by atoms with E-state index in [1.807, 2.05) is 0 Å². The second-order valence-electron chi connectivity index (χ2n) is 4.00. The molecule has 2 aromatic carbocycles. The first-order chi connectivity index (χ1) is 9.54. The van der Waals surface area contributed by atoms with Crippen LogP contribution >= 0.6 is 23.2 Å². The molecule has 2 aromatic rings. The standard InChI is InChI=1S/C15H10Cl2FNO/c16-11-3-1-2-10(8-11)4-7-15(20)19-14-9-12(17)5-6-13(14)18/h1-9H,(H,19,20)/b7-4+. The van der Waals surface area contributed by atoms with Crippen LogP contribution in [-0.4, -0.2) is 5.91 Å². The Morgan fingerprint density at radius 3 is 2.60 bits per heavy atom. The van der Waals surface area contributed by atoms with Gasteiger partial charge in [0.15, 0.2) is 0 Å². The van der Waals surface area contributed by atoms with Gasteiger partial charge >= 0.3 is 0 Å². The van der Waals surface area contributed by atoms with Crippen LogP contribution in [0.4, 0.5) is 10.1 Å². The molecule has 2 rings (SSSR count). The molecule has 1 N–H and O–H groups in total. The van der Waals surface area contributed by atoms with Crippen molar-refractivity contribution in [1.82, 2.24) is 0 Å². The Hall–Kier alpha value is -1.84. The molecule has 0 fully saturated rings. The lowest BCUT2D eigenvalue weighted by molar-refractivity contribution is -0.111. The fourth-order valence-corrected chi connectivity index (χ4v) is 1.92. The molecule has 20 heavy (non-hydrogen) atoms. The van der Waals surface area contributed by atoms with Crippen molar-refractivity contribution >= 4 is 40.9 Å². The Balaban J connectivity index is 2.07. The number of carbonyl (C=O) groups excluding carboxylic acids is 1. The second-order valence-corrected chi connectivity index (χ2v) is 4.87. The maximum absolute atomic E-state index is 13.4. The van der Waals surface area contributed by atoms with Crippen LogP contribution < -0.4 is 5.32 Å². The number of rotatable bonds is 3. The monoisotopic (exact) mass is 309 g/mol. The smallest absolute Gasteiger partial charge is 0.248 e. The normalized spacial score (nSPS) is 10.8. The van der Waals surface area contributed by atoms with Crippen molar-refractivity contribution in [3.8, 4) is 0 Å². The molecular weight excluding hydrogens is 300 g/mol. The highest BCUT2D eigenvalue weighted by Crippen LogP contribution is 2.19. The lowest BCUT2D eigenvalue weighted by atomic mass is 10.2. The lowest BCUT2D eigenvalue weighted by Crippen LogP contribution is -2.09. The summed E-state index contributed by atoms with van der Waals surface area (Å²) in [6.07, 6.45) is 2.88. The summed E-state index contributed by atoms with van der Waals surface area (Å²) in [6, 6.07) is 11.0. The van der Waals surface area contributed by atoms with Gasteiger partial charge in [0.2, 0.25) is 5.91 Å². The van der Waals surface area contributed by atoms with Gasteiger partial charge in [-0.3, -0.25) is 4.79 Å². The average molecular weight is 310 g/mol. The number of benzene rings is 2. The number of halogens is 3. The summed E-state index contributed by atoms with van der Waals surface area (Å²) in [5.74, 6) is -0.995. The molecule has 102 valence electrons. The van der Waals surface area contributed by atoms with Crippen LogP contribution in [0.15, 0.2) is 48.5 Å². The van der Waals surface area contributed by atoms with E-state index >= 15 is 0 Å². The first-order valence-electron chi connectivity index (χ1n) is 5.74. The molecule has 0 saturated heterocycles. The van der Waals surface area contributed by atoms with E-state index in [4.69, 9.17) is 23.2 Å². The fourth-order valence-electron chi connectivity index (χ4n) is 1.55. The lowest BCUT2D eigenvalue weighted by Gasteiger charge is -2.04. The van der Waals surface area contributed by atoms with Crippen LogP contribution in [-0.2, 0) is 4.79 Å². The van der Waals surface area contributed by atoms with Crippen LogP contribution in [0.3, 0.4) is 0 Å². The number of nitrogens with one attached hydrogen (secondary N) is 1. The maximum atomic E-state index is 13.4. The number of carbonyl (C=O) groups is 1. The van der Waals surface area contributed by atoms with Crippen molar-refractivity contribution in [2.24, 2.45) is 0 Å². The topological polar surface area (TPSA) is 29.1 Å². The van der Waals surface area contributed by atoms with Gasteiger partial charge in [-0.1, -0.05) is 35.3 Å². The Bertz CT molecular complexity index is 671. The van der Waals surface area contributed by atoms with Crippen LogP contribution in [0.5, 0.6) is 0 Å². The Labute approximate surface area is 125 Å². The van der Waals surface area contributed by atoms with Crippen molar-refractivity contribution in [2.75, 3.05) is 5.32 Å². The van der Waals surface area contributed by atoms with Gasteiger partial charge in [0.1, 0.15) is 5.82 Å². The van der Waals surface area contributed by atoms with Gasteiger partial charge in [0, 0.05) is 16.1 Å². The fraction of sp³-hybridized carbons (Fsp3) is 0. The van der Waals surface area contributed by atoms with E-state index in [2.05, 4.69) is 5.32 Å². The van der Waals surface area contributed by atoms with Crippen LogP contribution in [0, 0.1) is 5.82 Å². The highest BCUT2D eigenvalue weighted by Gasteiger charge is 2.05. The third-order valence-electron chi connectivity index (χ3n) is 2.46. The molecule has 0 aliphatic heterocycles. The molecular formula is C15H10Cl2FNO. The highest BCUT2D eigenvalue weighted by molar-refractivity contribution is 6.31. The number of anilines is 1. The molecule has 0 aromatic heterocycles. The molecule has 0 bridgehead atoms. The van der Waals surface area contributed by atoms with Crippen LogP contribution in [0.2, 0.25) is 10.0 Å². The Morgan fingerprint density at radius 2 is 1.85 bits per heavy atom. The van der Waals surface area contributed by atoms with Gasteiger partial charge in [-0.25, -0.2) is 4.39 Å². The summed E-state index contributed by atoms with van der Waals surface area (Å²) in [5.41, 5.74) is 0.817. The Kier molecular flexibility index (Phi) is 4.77. The van der Waals surface area contributed by atoms with Gasteiger partial charge < -0.3 is 5.32 Å². The van der Waals surface area contributed by atoms with Crippen molar-refractivity contribution in [3.05, 3.63) is 70.0 Å². The molecule has 0 saturated carbocycles. The van der Waals surface area contributed by atoms with Crippen LogP contribution in [0.25, 0.3) is 6.08 Å². The van der Waals surface area contributed by atoms with Gasteiger partial charge in [-0.15, -0.1) is 0 Å². The van der Waals surface area contributed by atoms with Gasteiger partial charge in [-0.2, -0.15) is 0 Å². The zero-order valence-electron chi connectivity index (χ0n) is 10.2. The van der Waals surface area contributed by atoms with Gasteiger partial charge in [0.25, 0.3) is 0 Å². The third kappa shape index (κ3) is 4.08. The van der Waals surface area contributed by atoms with E-state index < -0.39 is 11.7 Å². The number of hydrogen-bond acceptors (Lipinski definition) is 1. The third-order valence-corrected chi connectivity index (χ3v) is 2.93. The summed E-state index contributed by atoms with van der Waals surface area (Å²) in [4.78, 5) is 11.7. The van der Waals surface area contributed by atoms with E-state index in [1.165, 1.54) is 24.3 Å². The van der Waals surface area contributed by atoms with Crippen LogP contribution in [0.1, 0.15) is 5.56 Å². The maximum Gasteiger partial charge on any atom is 0.248 e. The predicted octanol–water partition coefficient (Wildman–Crippen LogP) is 4.78. The molecule has 5 heteroatoms. The molecule has 0 unspecified atom stereocenters. The molecule has 0 heterocycles. The quantitative estimate of drug-likeness (QED) is 0.812. The molecule has 0 spiro atoms. The summed E-state index contributed by atoms with van der Waals surface area (Å²) in [5, 5.41) is 3.34. The first-order valence-corrected chi connectivity index (χ1v) is 6.50. The molecule has 0 aliphatic carbocycles. The minimum atomic E-state index is -0.543. The number of amides is 1. The molecule has 2 nitrogen and oxygen atoms in total. The van der Waals surface area contributed by atoms with E-state index in [0.717, 1.165) is 5.56 Å². The molecule has 1 amide bonds. The van der Waals surface area contributed by atoms with E-state index in [-0.39, 0.29) is 5.69 Å². The van der Waals surface area contributed by atoms with E-state index in [9.17, 15) is 9.18 Å². The average Bonchev–Trinajstić information content (AvgIpc) is 2.41. The Morgan fingerprint density at radius 1 is 1.10 bits per heavy atom. The summed E-state index contributed by atoms with van der Waals surface area (Å²) in [6.45, 7) is 0. The zero-order chi connectivity index (χ0) is 14.5.